The standard InChI is InChI=1S/C16H24Cl2N2O2S/c1-12-8-13(2)11-20(10-12)7-3-6-19-23(21,22)16-9-14(17)4-5-15(16)18/h4-5,9,12-13,19H,3,6-8,10-11H2,1-2H3/t12-,13+. The first-order chi connectivity index (χ1) is 10.8. The number of nitrogens with one attached hydrogen (secondary N) is 1. The molecule has 0 aromatic heterocycles. The number of halogens is 2. The molecule has 7 heteroatoms. The molecule has 1 aromatic rings. The highest BCUT2D eigenvalue weighted by atomic mass is 35.5. The molecule has 0 unspecified atom stereocenters. The van der Waals surface area contributed by atoms with Crippen molar-refractivity contribution in [1.29, 1.82) is 0 Å². The third kappa shape index (κ3) is 5.61. The van der Waals surface area contributed by atoms with E-state index in [1.165, 1.54) is 18.6 Å². The molecule has 0 radical (unpaired) electrons. The topological polar surface area (TPSA) is 49.4 Å². The van der Waals surface area contributed by atoms with E-state index in [1.54, 1.807) is 6.07 Å². The zero-order valence-corrected chi connectivity index (χ0v) is 15.9. The van der Waals surface area contributed by atoms with E-state index in [0.717, 1.165) is 26.1 Å². The fourth-order valence-electron chi connectivity index (χ4n) is 3.24. The summed E-state index contributed by atoms with van der Waals surface area (Å²) in [5, 5.41) is 0.534. The Balaban J connectivity index is 1.84. The van der Waals surface area contributed by atoms with Crippen molar-refractivity contribution in [2.75, 3.05) is 26.2 Å². The van der Waals surface area contributed by atoms with Crippen molar-refractivity contribution in [2.45, 2.75) is 31.6 Å². The zero-order chi connectivity index (χ0) is 17.0. The van der Waals surface area contributed by atoms with Crippen LogP contribution in [0.5, 0.6) is 0 Å². The molecule has 130 valence electrons. The van der Waals surface area contributed by atoms with Gasteiger partial charge in [0.25, 0.3) is 0 Å². The SMILES string of the molecule is C[C@@H]1C[C@H](C)CN(CCCNS(=O)(=O)c2cc(Cl)ccc2Cl)C1. The van der Waals surface area contributed by atoms with Crippen molar-refractivity contribution in [2.24, 2.45) is 11.8 Å². The predicted octanol–water partition coefficient (Wildman–Crippen LogP) is 3.64. The Morgan fingerprint density at radius 2 is 1.87 bits per heavy atom. The van der Waals surface area contributed by atoms with Crippen LogP contribution in [-0.4, -0.2) is 39.5 Å². The van der Waals surface area contributed by atoms with Crippen LogP contribution >= 0.6 is 23.2 Å². The zero-order valence-electron chi connectivity index (χ0n) is 13.6. The van der Waals surface area contributed by atoms with Crippen LogP contribution < -0.4 is 4.72 Å². The average Bonchev–Trinajstić information content (AvgIpc) is 2.45. The molecule has 1 N–H and O–H groups in total. The number of likely N-dealkylation sites (tertiary alicyclic amines) is 1. The Morgan fingerprint density at radius 3 is 2.52 bits per heavy atom. The molecule has 0 spiro atoms. The lowest BCUT2D eigenvalue weighted by Crippen LogP contribution is -2.40. The number of nitrogens with zero attached hydrogens (tertiary/aromatic N) is 1. The molecular weight excluding hydrogens is 355 g/mol. The molecule has 0 saturated carbocycles. The van der Waals surface area contributed by atoms with Crippen LogP contribution in [0.15, 0.2) is 23.1 Å². The second kappa shape index (κ2) is 8.17. The van der Waals surface area contributed by atoms with Crippen molar-refractivity contribution >= 4 is 33.2 Å². The Hall–Kier alpha value is -0.330. The van der Waals surface area contributed by atoms with Crippen molar-refractivity contribution in [3.8, 4) is 0 Å². The van der Waals surface area contributed by atoms with Crippen LogP contribution in [0.3, 0.4) is 0 Å². The summed E-state index contributed by atoms with van der Waals surface area (Å²) in [6.45, 7) is 8.03. The van der Waals surface area contributed by atoms with Gasteiger partial charge < -0.3 is 4.90 Å². The van der Waals surface area contributed by atoms with E-state index in [-0.39, 0.29) is 9.92 Å². The monoisotopic (exact) mass is 378 g/mol. The first-order valence-corrected chi connectivity index (χ1v) is 10.2. The van der Waals surface area contributed by atoms with E-state index in [1.807, 2.05) is 0 Å². The van der Waals surface area contributed by atoms with Gasteiger partial charge in [-0.25, -0.2) is 13.1 Å². The Bertz CT molecular complexity index is 627. The fraction of sp³-hybridized carbons (Fsp3) is 0.625. The van der Waals surface area contributed by atoms with Crippen molar-refractivity contribution < 1.29 is 8.42 Å². The lowest BCUT2D eigenvalue weighted by molar-refractivity contribution is 0.140. The number of hydrogen-bond donors (Lipinski definition) is 1. The van der Waals surface area contributed by atoms with Gasteiger partial charge in [-0.3, -0.25) is 0 Å². The van der Waals surface area contributed by atoms with Gasteiger partial charge in [-0.05, 0) is 49.4 Å². The van der Waals surface area contributed by atoms with Gasteiger partial charge in [-0.15, -0.1) is 0 Å². The van der Waals surface area contributed by atoms with Crippen molar-refractivity contribution in [1.82, 2.24) is 9.62 Å². The van der Waals surface area contributed by atoms with Gasteiger partial charge >= 0.3 is 0 Å². The van der Waals surface area contributed by atoms with Gasteiger partial charge in [0.1, 0.15) is 4.90 Å². The Kier molecular flexibility index (Phi) is 6.75. The molecular formula is C16H24Cl2N2O2S. The maximum atomic E-state index is 12.3. The van der Waals surface area contributed by atoms with E-state index < -0.39 is 10.0 Å². The van der Waals surface area contributed by atoms with Crippen LogP contribution in [0.2, 0.25) is 10.0 Å². The lowest BCUT2D eigenvalue weighted by Gasteiger charge is -2.34. The van der Waals surface area contributed by atoms with Crippen LogP contribution in [0.1, 0.15) is 26.7 Å². The lowest BCUT2D eigenvalue weighted by atomic mass is 9.92. The van der Waals surface area contributed by atoms with E-state index in [0.29, 0.717) is 23.4 Å². The van der Waals surface area contributed by atoms with Crippen molar-refractivity contribution in [3.05, 3.63) is 28.2 Å². The third-order valence-corrected chi connectivity index (χ3v) is 6.25. The van der Waals surface area contributed by atoms with Gasteiger partial charge in [-0.2, -0.15) is 0 Å². The predicted molar refractivity (Wildman–Crippen MR) is 95.7 cm³/mol. The minimum Gasteiger partial charge on any atom is -0.303 e. The Morgan fingerprint density at radius 1 is 1.22 bits per heavy atom. The molecule has 1 aromatic carbocycles. The molecule has 4 nitrogen and oxygen atoms in total. The minimum absolute atomic E-state index is 0.0342. The van der Waals surface area contributed by atoms with Gasteiger partial charge in [0.05, 0.1) is 5.02 Å². The van der Waals surface area contributed by atoms with Crippen LogP contribution in [0, 0.1) is 11.8 Å². The molecule has 2 atom stereocenters. The summed E-state index contributed by atoms with van der Waals surface area (Å²) in [6.07, 6.45) is 2.05. The summed E-state index contributed by atoms with van der Waals surface area (Å²) >= 11 is 11.8. The normalized spacial score (nSPS) is 23.1. The van der Waals surface area contributed by atoms with E-state index >= 15 is 0 Å². The molecule has 0 bridgehead atoms. The van der Waals surface area contributed by atoms with Gasteiger partial charge in [0, 0.05) is 24.7 Å². The molecule has 1 fully saturated rings. The fourth-order valence-corrected chi connectivity index (χ4v) is 5.08. The van der Waals surface area contributed by atoms with E-state index in [2.05, 4.69) is 23.5 Å². The third-order valence-electron chi connectivity index (χ3n) is 4.07. The van der Waals surface area contributed by atoms with E-state index in [9.17, 15) is 8.42 Å². The molecule has 0 amide bonds. The molecule has 1 aliphatic heterocycles. The number of benzene rings is 1. The maximum absolute atomic E-state index is 12.3. The number of rotatable bonds is 6. The number of sulfonamides is 1. The molecule has 1 aliphatic rings. The van der Waals surface area contributed by atoms with Crippen molar-refractivity contribution in [3.63, 3.8) is 0 Å². The summed E-state index contributed by atoms with van der Waals surface area (Å²) < 4.78 is 27.2. The van der Waals surface area contributed by atoms with Crippen LogP contribution in [0.25, 0.3) is 0 Å². The Labute approximate surface area is 149 Å². The minimum atomic E-state index is -3.62. The average molecular weight is 379 g/mol. The quantitative estimate of drug-likeness (QED) is 0.768. The molecule has 2 rings (SSSR count). The summed E-state index contributed by atoms with van der Waals surface area (Å²) in [6, 6.07) is 4.44. The highest BCUT2D eigenvalue weighted by Crippen LogP contribution is 2.25. The smallest absolute Gasteiger partial charge is 0.242 e. The second-order valence-electron chi connectivity index (χ2n) is 6.53. The molecule has 23 heavy (non-hydrogen) atoms. The van der Waals surface area contributed by atoms with Gasteiger partial charge in [0.2, 0.25) is 10.0 Å². The maximum Gasteiger partial charge on any atom is 0.242 e. The largest absolute Gasteiger partial charge is 0.303 e. The molecule has 0 aliphatic carbocycles. The van der Waals surface area contributed by atoms with Crippen LogP contribution in [-0.2, 0) is 10.0 Å². The highest BCUT2D eigenvalue weighted by Gasteiger charge is 2.22. The van der Waals surface area contributed by atoms with Gasteiger partial charge in [0.15, 0.2) is 0 Å². The number of hydrogen-bond acceptors (Lipinski definition) is 3. The van der Waals surface area contributed by atoms with Gasteiger partial charge in [-0.1, -0.05) is 37.0 Å². The first kappa shape index (κ1) is 19.0. The van der Waals surface area contributed by atoms with E-state index in [4.69, 9.17) is 23.2 Å². The first-order valence-electron chi connectivity index (χ1n) is 7.95. The second-order valence-corrected chi connectivity index (χ2v) is 9.11. The summed E-state index contributed by atoms with van der Waals surface area (Å²) in [5.74, 6) is 1.42. The molecule has 1 heterocycles. The summed E-state index contributed by atoms with van der Waals surface area (Å²) in [7, 11) is -3.62. The highest BCUT2D eigenvalue weighted by molar-refractivity contribution is 7.89. The summed E-state index contributed by atoms with van der Waals surface area (Å²) in [4.78, 5) is 2.45. The molecule has 1 saturated heterocycles. The number of piperidine rings is 1. The summed E-state index contributed by atoms with van der Waals surface area (Å²) in [5.41, 5.74) is 0. The van der Waals surface area contributed by atoms with Crippen LogP contribution in [0.4, 0.5) is 0 Å².